The number of ether oxygens (including phenoxy) is 1. The fourth-order valence-electron chi connectivity index (χ4n) is 6.46. The Morgan fingerprint density at radius 2 is 2.09 bits per heavy atom. The zero-order valence-corrected chi connectivity index (χ0v) is 25.5. The normalized spacial score (nSPS) is 18.6. The van der Waals surface area contributed by atoms with Gasteiger partial charge in [0.05, 0.1) is 29.6 Å². The van der Waals surface area contributed by atoms with Crippen molar-refractivity contribution in [3.05, 3.63) is 58.7 Å². The van der Waals surface area contributed by atoms with Crippen molar-refractivity contribution in [1.29, 1.82) is 0 Å². The van der Waals surface area contributed by atoms with E-state index in [1.165, 1.54) is 35.7 Å². The predicted octanol–water partition coefficient (Wildman–Crippen LogP) is 3.38. The fourth-order valence-corrected chi connectivity index (χ4v) is 6.46. The minimum atomic E-state index is -0.229. The minimum Gasteiger partial charge on any atom is -0.462 e. The molecule has 3 aliphatic rings. The Kier molecular flexibility index (Phi) is 8.21. The zero-order valence-electron chi connectivity index (χ0n) is 25.5. The summed E-state index contributed by atoms with van der Waals surface area (Å²) < 4.78 is 6.22. The molecule has 1 N–H and O–H groups in total. The Labute approximate surface area is 253 Å². The summed E-state index contributed by atoms with van der Waals surface area (Å²) in [6.07, 6.45) is 6.67. The molecule has 2 aliphatic heterocycles. The van der Waals surface area contributed by atoms with Gasteiger partial charge in [0, 0.05) is 50.2 Å². The van der Waals surface area contributed by atoms with E-state index in [4.69, 9.17) is 21.3 Å². The SMILES string of the molecule is [C-]#[N+]C[C@H]1CN(c2nc(OCCN(C)CC3CC3)nc3c2CCN(c2c(C)c(C)cc4[nH]ncc24)C3)CCN1C(=O)C=C. The first-order chi connectivity index (χ1) is 20.9. The quantitative estimate of drug-likeness (QED) is 0.287. The Morgan fingerprint density at radius 1 is 1.26 bits per heavy atom. The number of fused-ring (bicyclic) bond motifs is 2. The van der Waals surface area contributed by atoms with E-state index in [-0.39, 0.29) is 18.5 Å². The Bertz CT molecular complexity index is 1560. The van der Waals surface area contributed by atoms with Gasteiger partial charge in [0.1, 0.15) is 18.5 Å². The van der Waals surface area contributed by atoms with Crippen molar-refractivity contribution in [2.75, 3.05) is 69.3 Å². The predicted molar refractivity (Wildman–Crippen MR) is 167 cm³/mol. The number of nitrogens with zero attached hydrogens (tertiary/aromatic N) is 8. The third kappa shape index (κ3) is 6.02. The number of likely N-dealkylation sites (N-methyl/N-ethyl adjacent to an activating group) is 1. The lowest BCUT2D eigenvalue weighted by Gasteiger charge is -2.41. The molecule has 0 bridgehead atoms. The Morgan fingerprint density at radius 3 is 2.86 bits per heavy atom. The maximum atomic E-state index is 12.5. The second kappa shape index (κ2) is 12.2. The van der Waals surface area contributed by atoms with Gasteiger partial charge in [-0.05, 0) is 69.3 Å². The molecule has 11 heteroatoms. The topological polar surface area (TPSA) is 98.1 Å². The molecule has 11 nitrogen and oxygen atoms in total. The van der Waals surface area contributed by atoms with Gasteiger partial charge in [-0.15, -0.1) is 0 Å². The van der Waals surface area contributed by atoms with Crippen molar-refractivity contribution in [3.8, 4) is 6.01 Å². The van der Waals surface area contributed by atoms with Crippen molar-refractivity contribution in [3.63, 3.8) is 0 Å². The molecule has 43 heavy (non-hydrogen) atoms. The maximum Gasteiger partial charge on any atom is 0.318 e. The highest BCUT2D eigenvalue weighted by Crippen LogP contribution is 2.37. The van der Waals surface area contributed by atoms with Crippen LogP contribution in [0, 0.1) is 26.3 Å². The molecule has 2 fully saturated rings. The first kappa shape index (κ1) is 28.9. The van der Waals surface area contributed by atoms with Crippen LogP contribution < -0.4 is 14.5 Å². The number of aromatic amines is 1. The number of aryl methyl sites for hydroxylation is 1. The summed E-state index contributed by atoms with van der Waals surface area (Å²) in [6, 6.07) is 2.31. The first-order valence-corrected chi connectivity index (χ1v) is 15.3. The third-order valence-electron chi connectivity index (χ3n) is 9.08. The molecule has 1 saturated carbocycles. The largest absolute Gasteiger partial charge is 0.462 e. The molecule has 0 spiro atoms. The molecule has 4 heterocycles. The van der Waals surface area contributed by atoms with Crippen LogP contribution in [0.4, 0.5) is 11.5 Å². The number of anilines is 2. The monoisotopic (exact) mass is 583 g/mol. The summed E-state index contributed by atoms with van der Waals surface area (Å²) in [5.41, 5.74) is 6.76. The number of hydrogen-bond acceptors (Lipinski definition) is 8. The highest BCUT2D eigenvalue weighted by molar-refractivity contribution is 5.94. The van der Waals surface area contributed by atoms with Gasteiger partial charge in [-0.1, -0.05) is 6.58 Å². The molecule has 1 aromatic carbocycles. The van der Waals surface area contributed by atoms with Crippen LogP contribution in [0.15, 0.2) is 24.9 Å². The summed E-state index contributed by atoms with van der Waals surface area (Å²) in [5.74, 6) is 1.55. The number of benzene rings is 1. The summed E-state index contributed by atoms with van der Waals surface area (Å²) in [6.45, 7) is 21.3. The highest BCUT2D eigenvalue weighted by Gasteiger charge is 2.35. The van der Waals surface area contributed by atoms with E-state index < -0.39 is 0 Å². The average molecular weight is 584 g/mol. The first-order valence-electron chi connectivity index (χ1n) is 15.3. The molecule has 0 unspecified atom stereocenters. The van der Waals surface area contributed by atoms with Crippen molar-refractivity contribution in [1.82, 2.24) is 30.0 Å². The van der Waals surface area contributed by atoms with Gasteiger partial charge in [0.2, 0.25) is 12.5 Å². The molecule has 0 radical (unpaired) electrons. The summed E-state index contributed by atoms with van der Waals surface area (Å²) >= 11 is 0. The second-order valence-corrected chi connectivity index (χ2v) is 12.2. The highest BCUT2D eigenvalue weighted by atomic mass is 16.5. The van der Waals surface area contributed by atoms with Crippen LogP contribution in [0.5, 0.6) is 6.01 Å². The summed E-state index contributed by atoms with van der Waals surface area (Å²) in [4.78, 5) is 34.8. The molecule has 3 aromatic rings. The number of H-pyrrole nitrogens is 1. The lowest BCUT2D eigenvalue weighted by molar-refractivity contribution is -0.128. The van der Waals surface area contributed by atoms with Crippen LogP contribution in [-0.4, -0.2) is 101 Å². The lowest BCUT2D eigenvalue weighted by Crippen LogP contribution is -2.56. The smallest absolute Gasteiger partial charge is 0.318 e. The molecular weight excluding hydrogens is 542 g/mol. The number of rotatable bonds is 10. The van der Waals surface area contributed by atoms with Gasteiger partial charge >= 0.3 is 6.01 Å². The number of hydrogen-bond donors (Lipinski definition) is 1. The summed E-state index contributed by atoms with van der Waals surface area (Å²) in [5, 5.41) is 8.58. The molecule has 1 aliphatic carbocycles. The molecule has 2 aromatic heterocycles. The van der Waals surface area contributed by atoms with E-state index in [1.54, 1.807) is 4.90 Å². The van der Waals surface area contributed by atoms with Gasteiger partial charge in [-0.3, -0.25) is 9.89 Å². The fraction of sp³-hybridized carbons (Fsp3) is 0.531. The van der Waals surface area contributed by atoms with Gasteiger partial charge < -0.3 is 29.2 Å². The number of aromatic nitrogens is 4. The number of piperazine rings is 1. The van der Waals surface area contributed by atoms with Crippen molar-refractivity contribution in [2.45, 2.75) is 45.7 Å². The van der Waals surface area contributed by atoms with Crippen LogP contribution in [0.2, 0.25) is 0 Å². The lowest BCUT2D eigenvalue weighted by atomic mass is 9.99. The van der Waals surface area contributed by atoms with Gasteiger partial charge in [-0.2, -0.15) is 15.1 Å². The molecule has 1 amide bonds. The standard InChI is InChI=1S/C32H41N9O2/c1-6-29(42)41-12-11-40(19-24(41)16-33-4)31-25-9-10-39(30-22(3)21(2)15-27-26(30)17-34-37-27)20-28(25)35-32(36-31)43-14-13-38(5)18-23-7-8-23/h6,15,17,23-24H,1,7-14,16,18-20H2,2-3,5H3,(H,34,37)/t24-/m0/s1. The van der Waals surface area contributed by atoms with Gasteiger partial charge in [-0.25, -0.2) is 6.57 Å². The van der Waals surface area contributed by atoms with Crippen molar-refractivity contribution >= 4 is 28.3 Å². The van der Waals surface area contributed by atoms with Gasteiger partial charge in [0.25, 0.3) is 0 Å². The van der Waals surface area contributed by atoms with Crippen LogP contribution in [0.25, 0.3) is 15.7 Å². The van der Waals surface area contributed by atoms with E-state index in [2.05, 4.69) is 63.3 Å². The summed E-state index contributed by atoms with van der Waals surface area (Å²) in [7, 11) is 2.14. The maximum absolute atomic E-state index is 12.5. The van der Waals surface area contributed by atoms with Crippen LogP contribution in [0.3, 0.4) is 0 Å². The third-order valence-corrected chi connectivity index (χ3v) is 9.08. The average Bonchev–Trinajstić information content (AvgIpc) is 3.70. The number of carbonyl (C=O) groups excluding carboxylic acids is 1. The van der Waals surface area contributed by atoms with E-state index >= 15 is 0 Å². The molecular formula is C32H41N9O2. The number of nitrogens with one attached hydrogen (secondary N) is 1. The second-order valence-electron chi connectivity index (χ2n) is 12.2. The van der Waals surface area contributed by atoms with Crippen LogP contribution >= 0.6 is 0 Å². The van der Waals surface area contributed by atoms with E-state index in [9.17, 15) is 4.79 Å². The van der Waals surface area contributed by atoms with E-state index in [0.717, 1.165) is 60.0 Å². The van der Waals surface area contributed by atoms with Crippen LogP contribution in [0.1, 0.15) is 35.2 Å². The zero-order chi connectivity index (χ0) is 30.1. The number of carbonyl (C=O) groups is 1. The molecule has 226 valence electrons. The minimum absolute atomic E-state index is 0.132. The van der Waals surface area contributed by atoms with Gasteiger partial charge in [0.15, 0.2) is 0 Å². The Balaban J connectivity index is 1.30. The van der Waals surface area contributed by atoms with Crippen molar-refractivity contribution in [2.24, 2.45) is 5.92 Å². The molecule has 1 saturated heterocycles. The van der Waals surface area contributed by atoms with Crippen molar-refractivity contribution < 1.29 is 9.53 Å². The van der Waals surface area contributed by atoms with E-state index in [0.29, 0.717) is 38.8 Å². The molecule has 1 atom stereocenters. The number of amides is 1. The van der Waals surface area contributed by atoms with Crippen LogP contribution in [-0.2, 0) is 17.8 Å². The molecule has 6 rings (SSSR count). The Hall–Kier alpha value is -4.17. The van der Waals surface area contributed by atoms with E-state index in [1.807, 2.05) is 6.20 Å².